The van der Waals surface area contributed by atoms with Gasteiger partial charge in [-0.2, -0.15) is 5.26 Å². The summed E-state index contributed by atoms with van der Waals surface area (Å²) < 4.78 is 0. The first kappa shape index (κ1) is 15.5. The first-order chi connectivity index (χ1) is 8.50. The van der Waals surface area contributed by atoms with Gasteiger partial charge in [-0.3, -0.25) is 0 Å². The molecule has 3 nitrogen and oxygen atoms in total. The predicted octanol–water partition coefficient (Wildman–Crippen LogP) is 2.91. The summed E-state index contributed by atoms with van der Waals surface area (Å²) in [4.78, 5) is 2.48. The molecule has 104 valence electrons. The van der Waals surface area contributed by atoms with Crippen molar-refractivity contribution in [1.29, 1.82) is 5.26 Å². The van der Waals surface area contributed by atoms with Crippen molar-refractivity contribution in [3.05, 3.63) is 0 Å². The lowest BCUT2D eigenvalue weighted by Gasteiger charge is -2.34. The topological polar surface area (TPSA) is 53.1 Å². The van der Waals surface area contributed by atoms with Gasteiger partial charge >= 0.3 is 0 Å². The quantitative estimate of drug-likeness (QED) is 0.789. The maximum absolute atomic E-state index is 9.05. The average molecular weight is 251 g/mol. The van der Waals surface area contributed by atoms with E-state index in [1.54, 1.807) is 0 Å². The van der Waals surface area contributed by atoms with Gasteiger partial charge in [0.1, 0.15) is 5.54 Å². The summed E-state index contributed by atoms with van der Waals surface area (Å²) in [5.74, 6) is 0.870. The van der Waals surface area contributed by atoms with E-state index >= 15 is 0 Å². The van der Waals surface area contributed by atoms with Crippen molar-refractivity contribution >= 4 is 0 Å². The van der Waals surface area contributed by atoms with Crippen LogP contribution in [0.3, 0.4) is 0 Å². The van der Waals surface area contributed by atoms with E-state index in [1.165, 1.54) is 25.7 Å². The molecule has 3 unspecified atom stereocenters. The molecule has 3 atom stereocenters. The fourth-order valence-electron chi connectivity index (χ4n) is 2.94. The van der Waals surface area contributed by atoms with Crippen LogP contribution in [0.15, 0.2) is 0 Å². The lowest BCUT2D eigenvalue weighted by molar-refractivity contribution is 0.159. The molecule has 3 heteroatoms. The molecule has 0 heterocycles. The van der Waals surface area contributed by atoms with E-state index in [0.29, 0.717) is 0 Å². The lowest BCUT2D eigenvalue weighted by Crippen LogP contribution is -2.40. The zero-order valence-corrected chi connectivity index (χ0v) is 12.3. The highest BCUT2D eigenvalue weighted by Gasteiger charge is 2.24. The average Bonchev–Trinajstić information content (AvgIpc) is 2.38. The Morgan fingerprint density at radius 3 is 2.72 bits per heavy atom. The Labute approximate surface area is 112 Å². The number of rotatable bonds is 6. The molecule has 1 saturated carbocycles. The molecule has 1 rings (SSSR count). The number of nitrogens with zero attached hydrogens (tertiary/aromatic N) is 2. The van der Waals surface area contributed by atoms with Crippen LogP contribution in [0.4, 0.5) is 0 Å². The second-order valence-corrected chi connectivity index (χ2v) is 6.13. The Morgan fingerprint density at radius 2 is 2.17 bits per heavy atom. The van der Waals surface area contributed by atoms with Crippen molar-refractivity contribution in [3.8, 4) is 6.07 Å². The van der Waals surface area contributed by atoms with Crippen molar-refractivity contribution in [2.24, 2.45) is 11.7 Å². The predicted molar refractivity (Wildman–Crippen MR) is 76.1 cm³/mol. The van der Waals surface area contributed by atoms with Crippen molar-refractivity contribution in [2.75, 3.05) is 13.6 Å². The first-order valence-corrected chi connectivity index (χ1v) is 7.41. The van der Waals surface area contributed by atoms with Gasteiger partial charge in [0, 0.05) is 6.04 Å². The summed E-state index contributed by atoms with van der Waals surface area (Å²) in [6, 6.07) is 2.99. The van der Waals surface area contributed by atoms with Crippen LogP contribution in [0, 0.1) is 17.2 Å². The molecule has 0 amide bonds. The Bertz CT molecular complexity index is 284. The minimum atomic E-state index is -0.610. The van der Waals surface area contributed by atoms with E-state index in [1.807, 2.05) is 6.92 Å². The van der Waals surface area contributed by atoms with Gasteiger partial charge in [-0.1, -0.05) is 26.7 Å². The van der Waals surface area contributed by atoms with Crippen LogP contribution >= 0.6 is 0 Å². The standard InChI is InChI=1S/C15H29N3/c1-4-15(17,12-16)9-6-10-18(3)14-8-5-7-13(2)11-14/h13-14H,4-11,17H2,1-3H3. The van der Waals surface area contributed by atoms with Crippen LogP contribution in [0.2, 0.25) is 0 Å². The van der Waals surface area contributed by atoms with Crippen molar-refractivity contribution < 1.29 is 0 Å². The lowest BCUT2D eigenvalue weighted by atomic mass is 9.86. The van der Waals surface area contributed by atoms with Crippen molar-refractivity contribution in [1.82, 2.24) is 4.90 Å². The monoisotopic (exact) mass is 251 g/mol. The molecule has 0 spiro atoms. The van der Waals surface area contributed by atoms with Gasteiger partial charge < -0.3 is 10.6 Å². The fourth-order valence-corrected chi connectivity index (χ4v) is 2.94. The molecule has 0 bridgehead atoms. The van der Waals surface area contributed by atoms with Crippen LogP contribution in [0.25, 0.3) is 0 Å². The maximum Gasteiger partial charge on any atom is 0.104 e. The van der Waals surface area contributed by atoms with Crippen molar-refractivity contribution in [2.45, 2.75) is 70.4 Å². The number of nitriles is 1. The maximum atomic E-state index is 9.05. The Morgan fingerprint density at radius 1 is 1.44 bits per heavy atom. The highest BCUT2D eigenvalue weighted by molar-refractivity contribution is 5.03. The SMILES string of the molecule is CCC(N)(C#N)CCCN(C)C1CCCC(C)C1. The number of hydrogen-bond acceptors (Lipinski definition) is 3. The third kappa shape index (κ3) is 4.59. The summed E-state index contributed by atoms with van der Waals surface area (Å²) in [5, 5.41) is 9.05. The fraction of sp³-hybridized carbons (Fsp3) is 0.933. The summed E-state index contributed by atoms with van der Waals surface area (Å²) in [7, 11) is 2.22. The molecule has 2 N–H and O–H groups in total. The van der Waals surface area contributed by atoms with Crippen LogP contribution in [0.5, 0.6) is 0 Å². The van der Waals surface area contributed by atoms with Crippen LogP contribution in [0.1, 0.15) is 58.8 Å². The van der Waals surface area contributed by atoms with Crippen molar-refractivity contribution in [3.63, 3.8) is 0 Å². The summed E-state index contributed by atoms with van der Waals surface area (Å²) >= 11 is 0. The summed E-state index contributed by atoms with van der Waals surface area (Å²) in [6.45, 7) is 5.42. The molecule has 0 aliphatic heterocycles. The summed E-state index contributed by atoms with van der Waals surface area (Å²) in [6.07, 6.45) is 8.00. The van der Waals surface area contributed by atoms with E-state index in [2.05, 4.69) is 24.9 Å². The Kier molecular flexibility index (Phi) is 6.11. The van der Waals surface area contributed by atoms with Gasteiger partial charge in [0.2, 0.25) is 0 Å². The second kappa shape index (κ2) is 7.11. The highest BCUT2D eigenvalue weighted by atomic mass is 15.1. The normalized spacial score (nSPS) is 27.8. The summed E-state index contributed by atoms with van der Waals surface area (Å²) in [5.41, 5.74) is 5.39. The third-order valence-electron chi connectivity index (χ3n) is 4.52. The van der Waals surface area contributed by atoms with Gasteiger partial charge in [-0.25, -0.2) is 0 Å². The second-order valence-electron chi connectivity index (χ2n) is 6.13. The molecule has 0 aromatic heterocycles. The number of nitrogens with two attached hydrogens (primary N) is 1. The van der Waals surface area contributed by atoms with Crippen LogP contribution in [-0.2, 0) is 0 Å². The van der Waals surface area contributed by atoms with Gasteiger partial charge in [0.15, 0.2) is 0 Å². The van der Waals surface area contributed by atoms with Gasteiger partial charge in [0.25, 0.3) is 0 Å². The molecular formula is C15H29N3. The molecule has 18 heavy (non-hydrogen) atoms. The van der Waals surface area contributed by atoms with Gasteiger partial charge in [-0.15, -0.1) is 0 Å². The van der Waals surface area contributed by atoms with Gasteiger partial charge in [-0.05, 0) is 51.6 Å². The highest BCUT2D eigenvalue weighted by Crippen LogP contribution is 2.27. The molecular weight excluding hydrogens is 222 g/mol. The van der Waals surface area contributed by atoms with E-state index in [9.17, 15) is 0 Å². The zero-order chi connectivity index (χ0) is 13.6. The number of hydrogen-bond donors (Lipinski definition) is 1. The molecule has 0 aromatic carbocycles. The van der Waals surface area contributed by atoms with E-state index in [-0.39, 0.29) is 0 Å². The molecule has 0 radical (unpaired) electrons. The minimum absolute atomic E-state index is 0.610. The molecule has 0 saturated heterocycles. The van der Waals surface area contributed by atoms with Gasteiger partial charge in [0.05, 0.1) is 6.07 Å². The Hall–Kier alpha value is -0.590. The molecule has 0 aromatic rings. The molecule has 1 aliphatic rings. The van der Waals surface area contributed by atoms with E-state index in [4.69, 9.17) is 11.0 Å². The van der Waals surface area contributed by atoms with Crippen LogP contribution < -0.4 is 5.73 Å². The molecule has 1 aliphatic carbocycles. The smallest absolute Gasteiger partial charge is 0.104 e. The van der Waals surface area contributed by atoms with Crippen LogP contribution in [-0.4, -0.2) is 30.1 Å². The van der Waals surface area contributed by atoms with E-state index in [0.717, 1.165) is 37.8 Å². The first-order valence-electron chi connectivity index (χ1n) is 7.41. The minimum Gasteiger partial charge on any atom is -0.313 e. The Balaban J connectivity index is 2.28. The molecule has 1 fully saturated rings. The largest absolute Gasteiger partial charge is 0.313 e. The third-order valence-corrected chi connectivity index (χ3v) is 4.52. The van der Waals surface area contributed by atoms with E-state index < -0.39 is 5.54 Å². The zero-order valence-electron chi connectivity index (χ0n) is 12.3.